The van der Waals surface area contributed by atoms with Gasteiger partial charge in [-0.15, -0.1) is 0 Å². The summed E-state index contributed by atoms with van der Waals surface area (Å²) < 4.78 is 29.0. The predicted molar refractivity (Wildman–Crippen MR) is 74.5 cm³/mol. The van der Waals surface area contributed by atoms with Gasteiger partial charge in [0.15, 0.2) is 0 Å². The Balaban J connectivity index is 2.58. The van der Waals surface area contributed by atoms with Crippen molar-refractivity contribution in [2.75, 3.05) is 19.9 Å². The molecule has 1 aliphatic rings. The molecule has 0 aromatic carbocycles. The molecule has 108 valence electrons. The van der Waals surface area contributed by atoms with Crippen LogP contribution in [0.25, 0.3) is 0 Å². The van der Waals surface area contributed by atoms with Crippen molar-refractivity contribution in [3.8, 4) is 0 Å². The van der Waals surface area contributed by atoms with Crippen LogP contribution >= 0.6 is 0 Å². The number of likely N-dealkylation sites (N-methyl/N-ethyl adjacent to an activating group) is 1. The normalized spacial score (nSPS) is 27.4. The van der Waals surface area contributed by atoms with E-state index in [0.717, 1.165) is 25.7 Å². The first-order valence-corrected chi connectivity index (χ1v) is 8.77. The molecule has 0 spiro atoms. The molecule has 1 fully saturated rings. The van der Waals surface area contributed by atoms with Gasteiger partial charge in [0.2, 0.25) is 0 Å². The maximum atomic E-state index is 11.7. The van der Waals surface area contributed by atoms with Gasteiger partial charge in [0.1, 0.15) is 9.84 Å². The lowest BCUT2D eigenvalue weighted by Gasteiger charge is -2.34. The lowest BCUT2D eigenvalue weighted by molar-refractivity contribution is 0.0451. The third-order valence-electron chi connectivity index (χ3n) is 3.82. The Morgan fingerprint density at radius 1 is 1.33 bits per heavy atom. The lowest BCUT2D eigenvalue weighted by Crippen LogP contribution is -2.42. The average Bonchev–Trinajstić information content (AvgIpc) is 2.29. The van der Waals surface area contributed by atoms with Gasteiger partial charge < -0.3 is 10.1 Å². The summed E-state index contributed by atoms with van der Waals surface area (Å²) in [5.74, 6) is 0.405. The van der Waals surface area contributed by atoms with Crippen LogP contribution in [0.15, 0.2) is 0 Å². The van der Waals surface area contributed by atoms with E-state index < -0.39 is 9.84 Å². The van der Waals surface area contributed by atoms with E-state index in [2.05, 4.69) is 5.32 Å². The second kappa shape index (κ2) is 6.87. The molecular formula is C13H27NO3S. The summed E-state index contributed by atoms with van der Waals surface area (Å²) in [6, 6.07) is 0.261. The maximum absolute atomic E-state index is 11.7. The van der Waals surface area contributed by atoms with Crippen molar-refractivity contribution in [2.24, 2.45) is 5.92 Å². The summed E-state index contributed by atoms with van der Waals surface area (Å²) in [7, 11) is -0.971. The van der Waals surface area contributed by atoms with Gasteiger partial charge in [-0.25, -0.2) is 8.42 Å². The molecule has 0 saturated heterocycles. The Hall–Kier alpha value is -0.130. The second-order valence-corrected chi connectivity index (χ2v) is 7.98. The largest absolute Gasteiger partial charge is 0.377 e. The number of hydrogen-bond donors (Lipinski definition) is 1. The second-order valence-electron chi connectivity index (χ2n) is 5.66. The molecule has 0 amide bonds. The molecule has 0 radical (unpaired) electrons. The van der Waals surface area contributed by atoms with E-state index in [-0.39, 0.29) is 17.4 Å². The number of ether oxygens (including phenoxy) is 1. The standard InChI is InChI=1S/C13H27NO3S/c1-10(2)17-9-13(14-3)11-6-5-7-12(8-11)18(4,15)16/h10-14H,5-9H2,1-4H3. The molecule has 18 heavy (non-hydrogen) atoms. The average molecular weight is 277 g/mol. The third-order valence-corrected chi connectivity index (χ3v) is 5.46. The molecule has 1 N–H and O–H groups in total. The first-order valence-electron chi connectivity index (χ1n) is 6.82. The van der Waals surface area contributed by atoms with Crippen LogP contribution in [0.3, 0.4) is 0 Å². The SMILES string of the molecule is CNC(COC(C)C)C1CCCC(S(C)(=O)=O)C1. The van der Waals surface area contributed by atoms with Gasteiger partial charge in [0, 0.05) is 12.3 Å². The van der Waals surface area contributed by atoms with E-state index >= 15 is 0 Å². The van der Waals surface area contributed by atoms with Crippen LogP contribution in [0, 0.1) is 5.92 Å². The number of nitrogens with one attached hydrogen (secondary N) is 1. The van der Waals surface area contributed by atoms with Crippen LogP contribution in [-0.2, 0) is 14.6 Å². The van der Waals surface area contributed by atoms with Gasteiger partial charge >= 0.3 is 0 Å². The summed E-state index contributed by atoms with van der Waals surface area (Å²) >= 11 is 0. The Labute approximate surface area is 111 Å². The smallest absolute Gasteiger partial charge is 0.150 e. The Kier molecular flexibility index (Phi) is 6.08. The van der Waals surface area contributed by atoms with Gasteiger partial charge in [0.05, 0.1) is 18.0 Å². The van der Waals surface area contributed by atoms with Gasteiger partial charge in [-0.1, -0.05) is 6.42 Å². The Morgan fingerprint density at radius 2 is 2.00 bits per heavy atom. The zero-order chi connectivity index (χ0) is 13.8. The fraction of sp³-hybridized carbons (Fsp3) is 1.00. The van der Waals surface area contributed by atoms with E-state index in [1.165, 1.54) is 6.26 Å². The highest BCUT2D eigenvalue weighted by atomic mass is 32.2. The quantitative estimate of drug-likeness (QED) is 0.801. The fourth-order valence-corrected chi connectivity index (χ4v) is 3.88. The minimum Gasteiger partial charge on any atom is -0.377 e. The monoisotopic (exact) mass is 277 g/mol. The van der Waals surface area contributed by atoms with Crippen molar-refractivity contribution in [1.29, 1.82) is 0 Å². The molecule has 1 rings (SSSR count). The summed E-state index contributed by atoms with van der Waals surface area (Å²) in [6.45, 7) is 4.70. The summed E-state index contributed by atoms with van der Waals surface area (Å²) in [5.41, 5.74) is 0. The summed E-state index contributed by atoms with van der Waals surface area (Å²) in [4.78, 5) is 0. The molecule has 5 heteroatoms. The van der Waals surface area contributed by atoms with Gasteiger partial charge in [0.25, 0.3) is 0 Å². The van der Waals surface area contributed by atoms with Gasteiger partial charge in [-0.05, 0) is 46.1 Å². The Morgan fingerprint density at radius 3 is 2.50 bits per heavy atom. The van der Waals surface area contributed by atoms with E-state index in [0.29, 0.717) is 12.5 Å². The highest BCUT2D eigenvalue weighted by Crippen LogP contribution is 2.30. The first kappa shape index (κ1) is 15.9. The van der Waals surface area contributed by atoms with Gasteiger partial charge in [-0.2, -0.15) is 0 Å². The van der Waals surface area contributed by atoms with Crippen LogP contribution in [0.4, 0.5) is 0 Å². The predicted octanol–water partition coefficient (Wildman–Crippen LogP) is 1.60. The van der Waals surface area contributed by atoms with Crippen molar-refractivity contribution in [3.05, 3.63) is 0 Å². The molecule has 1 saturated carbocycles. The Bertz CT molecular complexity index is 340. The van der Waals surface area contributed by atoms with Crippen molar-refractivity contribution >= 4 is 9.84 Å². The minimum absolute atomic E-state index is 0.161. The first-order chi connectivity index (χ1) is 8.34. The molecule has 0 aliphatic heterocycles. The van der Waals surface area contributed by atoms with Crippen LogP contribution in [0.5, 0.6) is 0 Å². The lowest BCUT2D eigenvalue weighted by atomic mass is 9.84. The third kappa shape index (κ3) is 4.86. The molecule has 0 heterocycles. The van der Waals surface area contributed by atoms with Crippen molar-refractivity contribution in [1.82, 2.24) is 5.32 Å². The zero-order valence-electron chi connectivity index (χ0n) is 12.0. The molecule has 0 bridgehead atoms. The van der Waals surface area contributed by atoms with Crippen molar-refractivity contribution in [3.63, 3.8) is 0 Å². The van der Waals surface area contributed by atoms with Crippen LogP contribution < -0.4 is 5.32 Å². The van der Waals surface area contributed by atoms with Crippen molar-refractivity contribution in [2.45, 2.75) is 56.9 Å². The van der Waals surface area contributed by atoms with Crippen LogP contribution in [0.2, 0.25) is 0 Å². The molecule has 3 atom stereocenters. The number of sulfone groups is 1. The topological polar surface area (TPSA) is 55.4 Å². The minimum atomic E-state index is -2.90. The van der Waals surface area contributed by atoms with E-state index in [9.17, 15) is 8.42 Å². The van der Waals surface area contributed by atoms with E-state index in [1.807, 2.05) is 20.9 Å². The molecular weight excluding hydrogens is 250 g/mol. The molecule has 1 aliphatic carbocycles. The molecule has 0 aromatic rings. The van der Waals surface area contributed by atoms with E-state index in [4.69, 9.17) is 4.74 Å². The van der Waals surface area contributed by atoms with Crippen molar-refractivity contribution < 1.29 is 13.2 Å². The highest BCUT2D eigenvalue weighted by molar-refractivity contribution is 7.91. The number of rotatable bonds is 6. The molecule has 4 nitrogen and oxygen atoms in total. The summed E-state index contributed by atoms with van der Waals surface area (Å²) in [5, 5.41) is 3.12. The molecule has 0 aromatic heterocycles. The zero-order valence-corrected chi connectivity index (χ0v) is 12.8. The summed E-state index contributed by atoms with van der Waals surface area (Å²) in [6.07, 6.45) is 5.26. The fourth-order valence-electron chi connectivity index (χ4n) is 2.69. The van der Waals surface area contributed by atoms with Crippen LogP contribution in [0.1, 0.15) is 39.5 Å². The maximum Gasteiger partial charge on any atom is 0.150 e. The van der Waals surface area contributed by atoms with Crippen LogP contribution in [-0.4, -0.2) is 45.7 Å². The van der Waals surface area contributed by atoms with Gasteiger partial charge in [-0.3, -0.25) is 0 Å². The number of hydrogen-bond acceptors (Lipinski definition) is 4. The molecule has 3 unspecified atom stereocenters. The highest BCUT2D eigenvalue weighted by Gasteiger charge is 2.32. The van der Waals surface area contributed by atoms with E-state index in [1.54, 1.807) is 0 Å².